The molecule has 0 aromatic heterocycles. The van der Waals surface area contributed by atoms with Gasteiger partial charge in [-0.1, -0.05) is 24.6 Å². The monoisotopic (exact) mass is 578 g/mol. The Balaban J connectivity index is 0.000000673. The lowest BCUT2D eigenvalue weighted by atomic mass is 10.0. The van der Waals surface area contributed by atoms with E-state index in [2.05, 4.69) is 5.32 Å². The Labute approximate surface area is 221 Å². The zero-order valence-electron chi connectivity index (χ0n) is 20.5. The summed E-state index contributed by atoms with van der Waals surface area (Å²) in [5.74, 6) is -4.76. The first-order valence-corrected chi connectivity index (χ1v) is 12.8. The maximum Gasteiger partial charge on any atom is 0.490 e. The summed E-state index contributed by atoms with van der Waals surface area (Å²) in [5.41, 5.74) is 0.673. The van der Waals surface area contributed by atoms with Crippen molar-refractivity contribution >= 4 is 27.9 Å². The number of piperidine rings is 1. The van der Waals surface area contributed by atoms with Crippen LogP contribution in [0.15, 0.2) is 53.4 Å². The molecule has 1 aliphatic heterocycles. The first-order valence-electron chi connectivity index (χ1n) is 11.4. The third-order valence-electron chi connectivity index (χ3n) is 5.61. The molecule has 1 fully saturated rings. The minimum atomic E-state index is -5.08. The first kappa shape index (κ1) is 31.5. The molecule has 3 N–H and O–H groups in total. The lowest BCUT2D eigenvalue weighted by Crippen LogP contribution is -2.55. The molecule has 0 aliphatic carbocycles. The molecular formula is C24H26F4N2O8S. The smallest absolute Gasteiger partial charge is 0.490 e. The number of carboxylic acid groups (broad SMARTS) is 2. The third kappa shape index (κ3) is 8.92. The molecule has 2 atom stereocenters. The summed E-state index contributed by atoms with van der Waals surface area (Å²) >= 11 is 0. The van der Waals surface area contributed by atoms with Crippen LogP contribution in [0.5, 0.6) is 5.75 Å². The van der Waals surface area contributed by atoms with E-state index in [9.17, 15) is 40.7 Å². The van der Waals surface area contributed by atoms with Gasteiger partial charge in [-0.2, -0.15) is 17.5 Å². The molecule has 2 aromatic rings. The quantitative estimate of drug-likeness (QED) is 0.405. The van der Waals surface area contributed by atoms with Gasteiger partial charge in [0.1, 0.15) is 23.7 Å². The number of methoxy groups -OCH3 is 1. The van der Waals surface area contributed by atoms with Crippen LogP contribution < -0.4 is 10.1 Å². The Hall–Kier alpha value is -3.72. The van der Waals surface area contributed by atoms with Crippen molar-refractivity contribution in [3.63, 3.8) is 0 Å². The molecule has 0 spiro atoms. The third-order valence-corrected chi connectivity index (χ3v) is 7.52. The predicted molar refractivity (Wildman–Crippen MR) is 128 cm³/mol. The number of aliphatic carboxylic acids is 2. The van der Waals surface area contributed by atoms with E-state index >= 15 is 0 Å². The number of halogens is 4. The van der Waals surface area contributed by atoms with E-state index < -0.39 is 51.9 Å². The fourth-order valence-corrected chi connectivity index (χ4v) is 5.37. The van der Waals surface area contributed by atoms with Gasteiger partial charge in [-0.25, -0.2) is 22.4 Å². The number of ether oxygens (including phenoxy) is 1. The van der Waals surface area contributed by atoms with Crippen molar-refractivity contribution in [2.45, 2.75) is 48.8 Å². The van der Waals surface area contributed by atoms with Gasteiger partial charge in [0.05, 0.1) is 12.0 Å². The number of nitrogens with zero attached hydrogens (tertiary/aromatic N) is 1. The van der Waals surface area contributed by atoms with Crippen molar-refractivity contribution in [2.75, 3.05) is 13.7 Å². The molecule has 2 aromatic carbocycles. The van der Waals surface area contributed by atoms with Crippen molar-refractivity contribution in [2.24, 2.45) is 0 Å². The number of carbonyl (C=O) groups excluding carboxylic acids is 1. The number of carbonyl (C=O) groups is 3. The van der Waals surface area contributed by atoms with Gasteiger partial charge in [-0.15, -0.1) is 0 Å². The van der Waals surface area contributed by atoms with Crippen LogP contribution in [0.2, 0.25) is 0 Å². The van der Waals surface area contributed by atoms with Gasteiger partial charge in [-0.05, 0) is 48.7 Å². The topological polar surface area (TPSA) is 150 Å². The molecule has 1 heterocycles. The maximum absolute atomic E-state index is 13.6. The summed E-state index contributed by atoms with van der Waals surface area (Å²) in [6.45, 7) is 0.0904. The van der Waals surface area contributed by atoms with Crippen LogP contribution >= 0.6 is 0 Å². The summed E-state index contributed by atoms with van der Waals surface area (Å²) in [4.78, 5) is 33.4. The lowest BCUT2D eigenvalue weighted by Gasteiger charge is -2.34. The number of hydrogen-bond acceptors (Lipinski definition) is 6. The molecule has 214 valence electrons. The molecule has 39 heavy (non-hydrogen) atoms. The molecule has 0 unspecified atom stereocenters. The summed E-state index contributed by atoms with van der Waals surface area (Å²) in [7, 11) is -2.61. The zero-order chi connectivity index (χ0) is 29.4. The zero-order valence-corrected chi connectivity index (χ0v) is 21.3. The number of alkyl halides is 3. The maximum atomic E-state index is 13.6. The van der Waals surface area contributed by atoms with Crippen molar-refractivity contribution < 1.29 is 55.3 Å². The fourth-order valence-electron chi connectivity index (χ4n) is 3.68. The van der Waals surface area contributed by atoms with Crippen LogP contribution in [-0.2, 0) is 30.8 Å². The molecular weight excluding hydrogens is 552 g/mol. The Kier molecular flexibility index (Phi) is 10.8. The van der Waals surface area contributed by atoms with Gasteiger partial charge in [0, 0.05) is 13.0 Å². The second-order valence-electron chi connectivity index (χ2n) is 8.34. The standard InChI is InChI=1S/C22H25FN2O6S.C2HF3O2/c1-31-17-10-8-15(9-11-17)13-19(22(27)28)24-21(26)20-7-2-3-12-25(20)32(29,30)18-6-4-5-16(23)14-18;3-2(4,5)1(6)7/h4-6,8-11,14,19-20H,2-3,7,12-13H2,1H3,(H,24,26)(H,27,28);(H,6,7)/t19-,20-;/m0./s1. The van der Waals surface area contributed by atoms with E-state index in [0.717, 1.165) is 16.4 Å². The molecule has 1 saturated heterocycles. The summed E-state index contributed by atoms with van der Waals surface area (Å²) in [5, 5.41) is 19.2. The van der Waals surface area contributed by atoms with Gasteiger partial charge in [0.2, 0.25) is 15.9 Å². The van der Waals surface area contributed by atoms with E-state index in [-0.39, 0.29) is 24.3 Å². The normalized spacial score (nSPS) is 16.8. The highest BCUT2D eigenvalue weighted by molar-refractivity contribution is 7.89. The SMILES string of the molecule is COc1ccc(C[C@H](NC(=O)[C@@H]2CCCCN2S(=O)(=O)c2cccc(F)c2)C(=O)O)cc1.O=C(O)C(F)(F)F. The van der Waals surface area contributed by atoms with Gasteiger partial charge < -0.3 is 20.3 Å². The Bertz CT molecular complexity index is 1270. The average molecular weight is 579 g/mol. The van der Waals surface area contributed by atoms with Crippen molar-refractivity contribution in [1.82, 2.24) is 9.62 Å². The molecule has 0 saturated carbocycles. The van der Waals surface area contributed by atoms with Gasteiger partial charge in [0.15, 0.2) is 0 Å². The minimum Gasteiger partial charge on any atom is -0.497 e. The average Bonchev–Trinajstić information content (AvgIpc) is 2.88. The number of sulfonamides is 1. The summed E-state index contributed by atoms with van der Waals surface area (Å²) < 4.78 is 77.6. The number of carboxylic acids is 2. The van der Waals surface area contributed by atoms with Gasteiger partial charge in [-0.3, -0.25) is 4.79 Å². The van der Waals surface area contributed by atoms with Gasteiger partial charge in [0.25, 0.3) is 0 Å². The van der Waals surface area contributed by atoms with E-state index in [1.54, 1.807) is 24.3 Å². The molecule has 0 bridgehead atoms. The second kappa shape index (κ2) is 13.4. The Morgan fingerprint density at radius 3 is 2.23 bits per heavy atom. The van der Waals surface area contributed by atoms with Crippen LogP contribution in [0.1, 0.15) is 24.8 Å². The minimum absolute atomic E-state index is 0.0223. The molecule has 10 nitrogen and oxygen atoms in total. The molecule has 0 radical (unpaired) electrons. The highest BCUT2D eigenvalue weighted by Gasteiger charge is 2.39. The molecule has 15 heteroatoms. The number of benzene rings is 2. The Morgan fingerprint density at radius 2 is 1.72 bits per heavy atom. The number of amides is 1. The number of hydrogen-bond donors (Lipinski definition) is 3. The predicted octanol–water partition coefficient (Wildman–Crippen LogP) is 2.82. The van der Waals surface area contributed by atoms with E-state index in [0.29, 0.717) is 24.2 Å². The summed E-state index contributed by atoms with van der Waals surface area (Å²) in [6.07, 6.45) is -3.65. The van der Waals surface area contributed by atoms with E-state index in [1.165, 1.54) is 19.2 Å². The second-order valence-corrected chi connectivity index (χ2v) is 10.2. The van der Waals surface area contributed by atoms with Crippen LogP contribution in [0, 0.1) is 5.82 Å². The summed E-state index contributed by atoms with van der Waals surface area (Å²) in [6, 6.07) is 9.05. The molecule has 3 rings (SSSR count). The van der Waals surface area contributed by atoms with Crippen molar-refractivity contribution in [3.05, 3.63) is 59.9 Å². The lowest BCUT2D eigenvalue weighted by molar-refractivity contribution is -0.192. The van der Waals surface area contributed by atoms with E-state index in [4.69, 9.17) is 14.6 Å². The van der Waals surface area contributed by atoms with Crippen LogP contribution in [0.3, 0.4) is 0 Å². The highest BCUT2D eigenvalue weighted by atomic mass is 32.2. The van der Waals surface area contributed by atoms with Crippen LogP contribution in [0.25, 0.3) is 0 Å². The first-order chi connectivity index (χ1) is 18.2. The molecule has 1 aliphatic rings. The highest BCUT2D eigenvalue weighted by Crippen LogP contribution is 2.26. The number of rotatable bonds is 8. The fraction of sp³-hybridized carbons (Fsp3) is 0.375. The van der Waals surface area contributed by atoms with Crippen molar-refractivity contribution in [1.29, 1.82) is 0 Å². The van der Waals surface area contributed by atoms with Gasteiger partial charge >= 0.3 is 18.1 Å². The van der Waals surface area contributed by atoms with Crippen molar-refractivity contribution in [3.8, 4) is 5.75 Å². The molecule has 1 amide bonds. The Morgan fingerprint density at radius 1 is 1.10 bits per heavy atom. The largest absolute Gasteiger partial charge is 0.497 e. The van der Waals surface area contributed by atoms with Crippen LogP contribution in [-0.4, -0.2) is 72.7 Å². The number of nitrogens with one attached hydrogen (secondary N) is 1. The van der Waals surface area contributed by atoms with Crippen LogP contribution in [0.4, 0.5) is 17.6 Å². The van der Waals surface area contributed by atoms with E-state index in [1.807, 2.05) is 0 Å².